The first-order valence-electron chi connectivity index (χ1n) is 8.54. The summed E-state index contributed by atoms with van der Waals surface area (Å²) in [6, 6.07) is 4.58. The van der Waals surface area contributed by atoms with Gasteiger partial charge in [0, 0.05) is 6.08 Å². The number of benzene rings is 1. The van der Waals surface area contributed by atoms with E-state index in [1.807, 2.05) is 0 Å². The number of halogens is 3. The van der Waals surface area contributed by atoms with Crippen LogP contribution in [0, 0.1) is 0 Å². The Labute approximate surface area is 164 Å². The van der Waals surface area contributed by atoms with Gasteiger partial charge in [0.2, 0.25) is 5.88 Å². The normalized spacial score (nSPS) is 13.1. The molecule has 10 heteroatoms. The van der Waals surface area contributed by atoms with Crippen molar-refractivity contribution in [3.63, 3.8) is 0 Å². The molecule has 1 atom stereocenters. The molecule has 0 aliphatic rings. The average molecular weight is 408 g/mol. The second kappa shape index (κ2) is 7.98. The van der Waals surface area contributed by atoms with Gasteiger partial charge in [0.25, 0.3) is 0 Å². The number of nitrogens with zero attached hydrogens (tertiary/aromatic N) is 4. The van der Waals surface area contributed by atoms with E-state index in [4.69, 9.17) is 14.2 Å². The fraction of sp³-hybridized carbons (Fsp3) is 0.316. The number of hydrogen-bond acceptors (Lipinski definition) is 6. The maximum Gasteiger partial charge on any atom is 0.416 e. The van der Waals surface area contributed by atoms with Crippen molar-refractivity contribution in [2.45, 2.75) is 19.1 Å². The molecule has 0 aliphatic heterocycles. The molecular weight excluding hydrogens is 389 g/mol. The molecule has 3 aromatic rings. The minimum atomic E-state index is -4.40. The van der Waals surface area contributed by atoms with Crippen molar-refractivity contribution in [2.75, 3.05) is 21.3 Å². The summed E-state index contributed by atoms with van der Waals surface area (Å²) < 4.78 is 55.6. The van der Waals surface area contributed by atoms with E-state index in [1.165, 1.54) is 39.7 Å². The van der Waals surface area contributed by atoms with Gasteiger partial charge in [-0.25, -0.2) is 4.68 Å². The van der Waals surface area contributed by atoms with Crippen LogP contribution >= 0.6 is 0 Å². The standard InChI is InChI=1S/C19H19F3N4O3/c1-11(12-5-7-13(8-6-12)19(20,21)22)26-16-15(14(25-26)9-10-27-2)17(28-3)24-18(23-16)29-4/h5-11H,1-4H3. The predicted molar refractivity (Wildman–Crippen MR) is 99.7 cm³/mol. The van der Waals surface area contributed by atoms with E-state index in [0.29, 0.717) is 22.3 Å². The molecule has 0 bridgehead atoms. The van der Waals surface area contributed by atoms with Crippen molar-refractivity contribution in [3.8, 4) is 11.9 Å². The van der Waals surface area contributed by atoms with E-state index >= 15 is 0 Å². The van der Waals surface area contributed by atoms with Gasteiger partial charge < -0.3 is 14.2 Å². The van der Waals surface area contributed by atoms with Gasteiger partial charge in [-0.15, -0.1) is 0 Å². The lowest BCUT2D eigenvalue weighted by atomic mass is 10.1. The number of methoxy groups -OCH3 is 3. The van der Waals surface area contributed by atoms with Gasteiger partial charge in [-0.05, 0) is 24.6 Å². The summed E-state index contributed by atoms with van der Waals surface area (Å²) in [4.78, 5) is 8.55. The second-order valence-corrected chi connectivity index (χ2v) is 6.08. The van der Waals surface area contributed by atoms with Crippen molar-refractivity contribution in [1.82, 2.24) is 19.7 Å². The van der Waals surface area contributed by atoms with E-state index in [1.54, 1.807) is 17.7 Å². The highest BCUT2D eigenvalue weighted by molar-refractivity contribution is 5.89. The Bertz CT molecular complexity index is 1030. The van der Waals surface area contributed by atoms with Crippen LogP contribution in [-0.2, 0) is 10.9 Å². The Balaban J connectivity index is 2.16. The molecule has 3 rings (SSSR count). The first kappa shape index (κ1) is 20.4. The monoisotopic (exact) mass is 408 g/mol. The molecule has 0 amide bonds. The third-order valence-electron chi connectivity index (χ3n) is 4.35. The van der Waals surface area contributed by atoms with Gasteiger partial charge in [0.1, 0.15) is 11.1 Å². The highest BCUT2D eigenvalue weighted by atomic mass is 19.4. The first-order chi connectivity index (χ1) is 13.8. The number of hydrogen-bond donors (Lipinski definition) is 0. The number of fused-ring (bicyclic) bond motifs is 1. The quantitative estimate of drug-likeness (QED) is 0.572. The van der Waals surface area contributed by atoms with E-state index in [9.17, 15) is 13.2 Å². The van der Waals surface area contributed by atoms with Gasteiger partial charge in [-0.3, -0.25) is 0 Å². The SMILES string of the molecule is COC=Cc1nn(C(C)c2ccc(C(F)(F)F)cc2)c2nc(OC)nc(OC)c12. The summed E-state index contributed by atoms with van der Waals surface area (Å²) >= 11 is 0. The van der Waals surface area contributed by atoms with Crippen LogP contribution in [0.4, 0.5) is 13.2 Å². The lowest BCUT2D eigenvalue weighted by molar-refractivity contribution is -0.137. The minimum Gasteiger partial charge on any atom is -0.504 e. The second-order valence-electron chi connectivity index (χ2n) is 6.08. The fourth-order valence-corrected chi connectivity index (χ4v) is 2.86. The lowest BCUT2D eigenvalue weighted by Crippen LogP contribution is -2.11. The number of aromatic nitrogens is 4. The zero-order chi connectivity index (χ0) is 21.2. The van der Waals surface area contributed by atoms with Crippen LogP contribution in [0.1, 0.15) is 29.8 Å². The number of alkyl halides is 3. The Morgan fingerprint density at radius 3 is 2.28 bits per heavy atom. The smallest absolute Gasteiger partial charge is 0.416 e. The van der Waals surface area contributed by atoms with Gasteiger partial charge in [-0.2, -0.15) is 28.2 Å². The van der Waals surface area contributed by atoms with Gasteiger partial charge >= 0.3 is 12.2 Å². The summed E-state index contributed by atoms with van der Waals surface area (Å²) in [5.41, 5.74) is 0.811. The highest BCUT2D eigenvalue weighted by Crippen LogP contribution is 2.34. The van der Waals surface area contributed by atoms with Crippen LogP contribution in [0.25, 0.3) is 17.1 Å². The number of ether oxygens (including phenoxy) is 3. The Morgan fingerprint density at radius 2 is 1.72 bits per heavy atom. The Kier molecular flexibility index (Phi) is 5.62. The Hall–Kier alpha value is -3.30. The molecule has 29 heavy (non-hydrogen) atoms. The van der Waals surface area contributed by atoms with Crippen molar-refractivity contribution in [3.05, 3.63) is 47.3 Å². The third kappa shape index (κ3) is 3.96. The summed E-state index contributed by atoms with van der Waals surface area (Å²) in [6.45, 7) is 1.81. The average Bonchev–Trinajstić information content (AvgIpc) is 3.08. The molecule has 0 aliphatic carbocycles. The summed E-state index contributed by atoms with van der Waals surface area (Å²) in [5.74, 6) is 0.258. The van der Waals surface area contributed by atoms with Crippen LogP contribution in [0.15, 0.2) is 30.5 Å². The van der Waals surface area contributed by atoms with Crippen LogP contribution in [0.5, 0.6) is 11.9 Å². The molecule has 7 nitrogen and oxygen atoms in total. The molecule has 1 unspecified atom stereocenters. The first-order valence-corrected chi connectivity index (χ1v) is 8.54. The van der Waals surface area contributed by atoms with Gasteiger partial charge in [0.15, 0.2) is 5.65 Å². The van der Waals surface area contributed by atoms with Crippen molar-refractivity contribution in [1.29, 1.82) is 0 Å². The largest absolute Gasteiger partial charge is 0.504 e. The molecular formula is C19H19F3N4O3. The molecule has 1 aromatic carbocycles. The third-order valence-corrected chi connectivity index (χ3v) is 4.35. The fourth-order valence-electron chi connectivity index (χ4n) is 2.86. The van der Waals surface area contributed by atoms with Crippen LogP contribution in [0.2, 0.25) is 0 Å². The van der Waals surface area contributed by atoms with Crippen molar-refractivity contribution < 1.29 is 27.4 Å². The van der Waals surface area contributed by atoms with E-state index in [2.05, 4.69) is 15.1 Å². The predicted octanol–water partition coefficient (Wildman–Crippen LogP) is 4.09. The maximum atomic E-state index is 12.9. The summed E-state index contributed by atoms with van der Waals surface area (Å²) in [6.07, 6.45) is -1.33. The van der Waals surface area contributed by atoms with Gasteiger partial charge in [-0.1, -0.05) is 12.1 Å². The maximum absolute atomic E-state index is 12.9. The molecule has 0 saturated heterocycles. The van der Waals surface area contributed by atoms with Crippen molar-refractivity contribution in [2.24, 2.45) is 0 Å². The molecule has 0 saturated carbocycles. The molecule has 0 spiro atoms. The molecule has 2 heterocycles. The number of rotatable bonds is 6. The van der Waals surface area contributed by atoms with E-state index in [-0.39, 0.29) is 11.9 Å². The van der Waals surface area contributed by atoms with E-state index in [0.717, 1.165) is 12.1 Å². The van der Waals surface area contributed by atoms with Crippen LogP contribution in [0.3, 0.4) is 0 Å². The molecule has 0 N–H and O–H groups in total. The summed E-state index contributed by atoms with van der Waals surface area (Å²) in [5, 5.41) is 5.08. The Morgan fingerprint density at radius 1 is 1.03 bits per heavy atom. The molecule has 2 aromatic heterocycles. The highest BCUT2D eigenvalue weighted by Gasteiger charge is 2.30. The molecule has 0 fully saturated rings. The minimum absolute atomic E-state index is 0.0809. The lowest BCUT2D eigenvalue weighted by Gasteiger charge is -2.15. The topological polar surface area (TPSA) is 71.3 Å². The van der Waals surface area contributed by atoms with Gasteiger partial charge in [0.05, 0.1) is 39.2 Å². The summed E-state index contributed by atoms with van der Waals surface area (Å²) in [7, 11) is 4.38. The zero-order valence-corrected chi connectivity index (χ0v) is 16.2. The van der Waals surface area contributed by atoms with Crippen LogP contribution in [-0.4, -0.2) is 41.1 Å². The molecule has 0 radical (unpaired) electrons. The van der Waals surface area contributed by atoms with Crippen LogP contribution < -0.4 is 9.47 Å². The molecule has 154 valence electrons. The zero-order valence-electron chi connectivity index (χ0n) is 16.2. The van der Waals surface area contributed by atoms with E-state index < -0.39 is 17.8 Å². The van der Waals surface area contributed by atoms with Crippen molar-refractivity contribution >= 4 is 17.1 Å².